The molecular weight excluding hydrogens is 364 g/mol. The second-order valence-electron chi connectivity index (χ2n) is 6.15. The monoisotopic (exact) mass is 384 g/mol. The lowest BCUT2D eigenvalue weighted by Gasteiger charge is -2.16. The Balaban J connectivity index is 1.87. The maximum absolute atomic E-state index is 6.01. The molecule has 0 atom stereocenters. The number of hydrogen-bond donors (Lipinski definition) is 0. The molecule has 0 spiro atoms. The van der Waals surface area contributed by atoms with Crippen LogP contribution in [0.4, 0.5) is 0 Å². The first-order chi connectivity index (χ1) is 12.6. The summed E-state index contributed by atoms with van der Waals surface area (Å²) in [5.74, 6) is 0.819. The Kier molecular flexibility index (Phi) is 6.04. The van der Waals surface area contributed by atoms with Crippen molar-refractivity contribution in [3.8, 4) is 11.4 Å². The van der Waals surface area contributed by atoms with E-state index < -0.39 is 0 Å². The molecule has 0 bridgehead atoms. The van der Waals surface area contributed by atoms with E-state index in [0.29, 0.717) is 23.0 Å². The fourth-order valence-electron chi connectivity index (χ4n) is 2.81. The summed E-state index contributed by atoms with van der Waals surface area (Å²) in [6.07, 6.45) is 1.83. The van der Waals surface area contributed by atoms with Gasteiger partial charge in [0.25, 0.3) is 0 Å². The average Bonchev–Trinajstić information content (AvgIpc) is 2.93. The van der Waals surface area contributed by atoms with Crippen LogP contribution in [-0.4, -0.2) is 26.3 Å². The third-order valence-electron chi connectivity index (χ3n) is 4.01. The highest BCUT2D eigenvalue weighted by molar-refractivity contribution is 7.71. The molecule has 0 fully saturated rings. The molecule has 0 amide bonds. The lowest BCUT2D eigenvalue weighted by atomic mass is 10.2. The van der Waals surface area contributed by atoms with Crippen LogP contribution in [0.1, 0.15) is 5.56 Å². The lowest BCUT2D eigenvalue weighted by Crippen LogP contribution is -2.22. The molecule has 3 rings (SSSR count). The Hall–Kier alpha value is -2.21. The summed E-state index contributed by atoms with van der Waals surface area (Å²) in [5, 5.41) is 5.45. The molecule has 1 aromatic heterocycles. The van der Waals surface area contributed by atoms with Crippen molar-refractivity contribution in [2.45, 2.75) is 19.8 Å². The maximum Gasteiger partial charge on any atom is 0.199 e. The van der Waals surface area contributed by atoms with Gasteiger partial charge in [0.2, 0.25) is 0 Å². The molecule has 0 radical (unpaired) electrons. The average molecular weight is 385 g/mol. The first kappa shape index (κ1) is 18.6. The van der Waals surface area contributed by atoms with E-state index in [1.807, 2.05) is 57.8 Å². The molecule has 0 aliphatic carbocycles. The van der Waals surface area contributed by atoms with Crippen LogP contribution in [0.25, 0.3) is 11.4 Å². The lowest BCUT2D eigenvalue weighted by molar-refractivity contribution is 0.244. The van der Waals surface area contributed by atoms with Gasteiger partial charge in [-0.25, -0.2) is 4.68 Å². The molecule has 2 aromatic carbocycles. The minimum absolute atomic E-state index is 0.610. The van der Waals surface area contributed by atoms with Gasteiger partial charge in [0.1, 0.15) is 0 Å². The molecule has 0 saturated carbocycles. The number of hydrogen-bond acceptors (Lipinski definition) is 3. The van der Waals surface area contributed by atoms with Crippen molar-refractivity contribution in [1.29, 1.82) is 0 Å². The van der Waals surface area contributed by atoms with Crippen LogP contribution in [0.3, 0.4) is 0 Å². The number of nitrogens with zero attached hydrogens (tertiary/aromatic N) is 4. The first-order valence-electron chi connectivity index (χ1n) is 8.35. The Labute approximate surface area is 164 Å². The Morgan fingerprint density at radius 2 is 1.85 bits per heavy atom. The Morgan fingerprint density at radius 1 is 1.15 bits per heavy atom. The van der Waals surface area contributed by atoms with E-state index in [1.165, 1.54) is 5.56 Å². The molecule has 4 nitrogen and oxygen atoms in total. The standard InChI is InChI=1S/C20H21ClN4S/c1-3-13-24-19(17-9-11-18(21)12-10-17)22-25(20(24)26)15-23(2)14-16-7-5-4-6-8-16/h3-12H,1,13-15H2,2H3. The molecule has 0 aliphatic heterocycles. The summed E-state index contributed by atoms with van der Waals surface area (Å²) in [5.41, 5.74) is 2.23. The van der Waals surface area contributed by atoms with Crippen LogP contribution in [0.5, 0.6) is 0 Å². The van der Waals surface area contributed by atoms with E-state index in [1.54, 1.807) is 0 Å². The zero-order valence-corrected chi connectivity index (χ0v) is 16.2. The van der Waals surface area contributed by atoms with Gasteiger partial charge >= 0.3 is 0 Å². The van der Waals surface area contributed by atoms with Gasteiger partial charge in [-0.3, -0.25) is 9.47 Å². The van der Waals surface area contributed by atoms with Gasteiger partial charge in [0, 0.05) is 23.7 Å². The van der Waals surface area contributed by atoms with Crippen molar-refractivity contribution in [3.05, 3.63) is 82.6 Å². The zero-order chi connectivity index (χ0) is 18.5. The second-order valence-corrected chi connectivity index (χ2v) is 6.95. The van der Waals surface area contributed by atoms with Crippen molar-refractivity contribution >= 4 is 23.8 Å². The molecule has 134 valence electrons. The summed E-state index contributed by atoms with van der Waals surface area (Å²) in [6, 6.07) is 18.0. The van der Waals surface area contributed by atoms with Crippen LogP contribution in [0.2, 0.25) is 5.02 Å². The van der Waals surface area contributed by atoms with E-state index in [-0.39, 0.29) is 0 Å². The SMILES string of the molecule is C=CCn1c(-c2ccc(Cl)cc2)nn(CN(C)Cc2ccccc2)c1=S. The molecule has 1 heterocycles. The molecule has 0 unspecified atom stereocenters. The van der Waals surface area contributed by atoms with Crippen molar-refractivity contribution in [2.75, 3.05) is 7.05 Å². The summed E-state index contributed by atoms with van der Waals surface area (Å²) in [6.45, 7) is 5.88. The zero-order valence-electron chi connectivity index (χ0n) is 14.7. The minimum Gasteiger partial charge on any atom is -0.296 e. The summed E-state index contributed by atoms with van der Waals surface area (Å²) in [7, 11) is 2.06. The summed E-state index contributed by atoms with van der Waals surface area (Å²) >= 11 is 11.7. The fourth-order valence-corrected chi connectivity index (χ4v) is 3.20. The molecule has 0 N–H and O–H groups in total. The van der Waals surface area contributed by atoms with Gasteiger partial charge in [-0.05, 0) is 49.1 Å². The van der Waals surface area contributed by atoms with E-state index >= 15 is 0 Å². The fraction of sp³-hybridized carbons (Fsp3) is 0.200. The van der Waals surface area contributed by atoms with Gasteiger partial charge < -0.3 is 0 Å². The van der Waals surface area contributed by atoms with Crippen LogP contribution < -0.4 is 0 Å². The van der Waals surface area contributed by atoms with Crippen molar-refractivity contribution in [1.82, 2.24) is 19.2 Å². The highest BCUT2D eigenvalue weighted by Crippen LogP contribution is 2.21. The van der Waals surface area contributed by atoms with Gasteiger partial charge in [-0.2, -0.15) is 5.10 Å². The highest BCUT2D eigenvalue weighted by Gasteiger charge is 2.13. The van der Waals surface area contributed by atoms with Crippen LogP contribution >= 0.6 is 23.8 Å². The normalized spacial score (nSPS) is 11.0. The topological polar surface area (TPSA) is 26.0 Å². The van der Waals surface area contributed by atoms with Gasteiger partial charge in [0.15, 0.2) is 10.6 Å². The number of halogens is 1. The molecule has 0 aliphatic rings. The quantitative estimate of drug-likeness (QED) is 0.423. The molecule has 0 saturated heterocycles. The predicted octanol–water partition coefficient (Wildman–Crippen LogP) is 5.01. The van der Waals surface area contributed by atoms with E-state index in [4.69, 9.17) is 28.9 Å². The van der Waals surface area contributed by atoms with E-state index in [2.05, 4.69) is 30.7 Å². The number of rotatable bonds is 7. The smallest absolute Gasteiger partial charge is 0.199 e. The Morgan fingerprint density at radius 3 is 2.50 bits per heavy atom. The van der Waals surface area contributed by atoms with Crippen molar-refractivity contribution in [2.24, 2.45) is 0 Å². The van der Waals surface area contributed by atoms with Gasteiger partial charge in [-0.1, -0.05) is 48.0 Å². The third-order valence-corrected chi connectivity index (χ3v) is 4.69. The second kappa shape index (κ2) is 8.45. The molecular formula is C20H21ClN4S. The number of benzene rings is 2. The van der Waals surface area contributed by atoms with Crippen LogP contribution in [0, 0.1) is 4.77 Å². The largest absolute Gasteiger partial charge is 0.296 e. The van der Waals surface area contributed by atoms with Crippen molar-refractivity contribution in [3.63, 3.8) is 0 Å². The van der Waals surface area contributed by atoms with Gasteiger partial charge in [-0.15, -0.1) is 6.58 Å². The predicted molar refractivity (Wildman–Crippen MR) is 110 cm³/mol. The molecule has 6 heteroatoms. The van der Waals surface area contributed by atoms with Crippen LogP contribution in [-0.2, 0) is 19.8 Å². The van der Waals surface area contributed by atoms with Crippen molar-refractivity contribution < 1.29 is 0 Å². The third kappa shape index (κ3) is 4.30. The summed E-state index contributed by atoms with van der Waals surface area (Å²) in [4.78, 5) is 2.18. The van der Waals surface area contributed by atoms with Crippen LogP contribution in [0.15, 0.2) is 67.3 Å². The van der Waals surface area contributed by atoms with E-state index in [9.17, 15) is 0 Å². The number of aromatic nitrogens is 3. The van der Waals surface area contributed by atoms with Gasteiger partial charge in [0.05, 0.1) is 6.67 Å². The molecule has 3 aromatic rings. The molecule has 26 heavy (non-hydrogen) atoms. The highest BCUT2D eigenvalue weighted by atomic mass is 35.5. The summed E-state index contributed by atoms with van der Waals surface area (Å²) < 4.78 is 4.52. The minimum atomic E-state index is 0.610. The number of allylic oxidation sites excluding steroid dienone is 1. The Bertz CT molecular complexity index is 929. The maximum atomic E-state index is 6.01. The first-order valence-corrected chi connectivity index (χ1v) is 9.14. The van der Waals surface area contributed by atoms with E-state index in [0.717, 1.165) is 17.9 Å².